The predicted molar refractivity (Wildman–Crippen MR) is 114 cm³/mol. The lowest BCUT2D eigenvalue weighted by molar-refractivity contribution is 0.262. The lowest BCUT2D eigenvalue weighted by Gasteiger charge is -2.09. The summed E-state index contributed by atoms with van der Waals surface area (Å²) in [7, 11) is 0. The van der Waals surface area contributed by atoms with Crippen molar-refractivity contribution in [3.8, 4) is 17.4 Å². The van der Waals surface area contributed by atoms with Crippen LogP contribution in [0.3, 0.4) is 0 Å². The van der Waals surface area contributed by atoms with Gasteiger partial charge in [0.25, 0.3) is 0 Å². The van der Waals surface area contributed by atoms with Crippen LogP contribution in [0.1, 0.15) is 11.4 Å². The number of para-hydroxylation sites is 1. The molecular weight excluding hydrogens is 380 g/mol. The molecule has 30 heavy (non-hydrogen) atoms. The van der Waals surface area contributed by atoms with E-state index in [0.717, 1.165) is 17.1 Å². The van der Waals surface area contributed by atoms with Crippen LogP contribution in [0.5, 0.6) is 11.6 Å². The van der Waals surface area contributed by atoms with Crippen LogP contribution in [0.25, 0.3) is 5.82 Å². The third-order valence-corrected chi connectivity index (χ3v) is 4.49. The average Bonchev–Trinajstić information content (AvgIpc) is 3.09. The Morgan fingerprint density at radius 3 is 2.17 bits per heavy atom. The zero-order valence-electron chi connectivity index (χ0n) is 16.5. The van der Waals surface area contributed by atoms with E-state index < -0.39 is 0 Å². The van der Waals surface area contributed by atoms with Crippen LogP contribution in [0.2, 0.25) is 0 Å². The first kappa shape index (κ1) is 19.1. The van der Waals surface area contributed by atoms with Gasteiger partial charge in [0.1, 0.15) is 12.1 Å². The Kier molecular flexibility index (Phi) is 5.38. The molecule has 2 N–H and O–H groups in total. The first-order chi connectivity index (χ1) is 14.6. The van der Waals surface area contributed by atoms with Crippen molar-refractivity contribution in [2.75, 3.05) is 10.6 Å². The van der Waals surface area contributed by atoms with E-state index in [9.17, 15) is 4.79 Å². The number of nitrogens with zero attached hydrogens (tertiary/aromatic N) is 4. The molecule has 0 saturated heterocycles. The molecule has 0 fully saturated rings. The fourth-order valence-electron chi connectivity index (χ4n) is 2.77. The van der Waals surface area contributed by atoms with E-state index in [-0.39, 0.29) is 6.03 Å². The van der Waals surface area contributed by atoms with Gasteiger partial charge >= 0.3 is 6.03 Å². The normalized spacial score (nSPS) is 10.5. The molecule has 0 unspecified atom stereocenters. The number of ether oxygens (including phenoxy) is 1. The molecule has 2 aromatic heterocycles. The van der Waals surface area contributed by atoms with Gasteiger partial charge in [0.05, 0.1) is 5.69 Å². The standard InChI is InChI=1S/C22H20N6O2/c1-15-16(2)28(14-23-15)20-12-13-21(27-26-20)30-19-10-8-18(9-11-19)25-22(29)24-17-6-4-3-5-7-17/h3-14H,1-2H3,(H2,24,25,29). The summed E-state index contributed by atoms with van der Waals surface area (Å²) in [5, 5.41) is 13.9. The minimum atomic E-state index is -0.318. The van der Waals surface area contributed by atoms with Crippen molar-refractivity contribution in [3.63, 3.8) is 0 Å². The van der Waals surface area contributed by atoms with Gasteiger partial charge in [0.2, 0.25) is 5.88 Å². The van der Waals surface area contributed by atoms with Gasteiger partial charge in [-0.2, -0.15) is 0 Å². The van der Waals surface area contributed by atoms with Crippen LogP contribution in [0.15, 0.2) is 73.1 Å². The zero-order valence-corrected chi connectivity index (χ0v) is 16.5. The minimum absolute atomic E-state index is 0.318. The quantitative estimate of drug-likeness (QED) is 0.506. The number of hydrogen-bond acceptors (Lipinski definition) is 5. The molecule has 2 aromatic carbocycles. The van der Waals surface area contributed by atoms with Crippen LogP contribution in [-0.2, 0) is 0 Å². The summed E-state index contributed by atoms with van der Waals surface area (Å²) in [6.07, 6.45) is 1.72. The Morgan fingerprint density at radius 1 is 0.867 bits per heavy atom. The van der Waals surface area contributed by atoms with Crippen molar-refractivity contribution in [1.29, 1.82) is 0 Å². The topological polar surface area (TPSA) is 94.0 Å². The summed E-state index contributed by atoms with van der Waals surface area (Å²) in [4.78, 5) is 16.3. The van der Waals surface area contributed by atoms with Gasteiger partial charge in [-0.05, 0) is 56.3 Å². The maximum absolute atomic E-state index is 12.1. The van der Waals surface area contributed by atoms with E-state index in [1.807, 2.05) is 54.8 Å². The van der Waals surface area contributed by atoms with E-state index in [4.69, 9.17) is 4.74 Å². The second-order valence-corrected chi connectivity index (χ2v) is 6.59. The first-order valence-electron chi connectivity index (χ1n) is 9.34. The molecule has 0 aliphatic carbocycles. The van der Waals surface area contributed by atoms with Crippen molar-refractivity contribution in [1.82, 2.24) is 19.7 Å². The van der Waals surface area contributed by atoms with Crippen LogP contribution in [-0.4, -0.2) is 25.8 Å². The van der Waals surface area contributed by atoms with E-state index in [2.05, 4.69) is 25.8 Å². The molecule has 150 valence electrons. The number of imidazole rings is 1. The lowest BCUT2D eigenvalue weighted by atomic mass is 10.3. The van der Waals surface area contributed by atoms with Crippen molar-refractivity contribution < 1.29 is 9.53 Å². The van der Waals surface area contributed by atoms with E-state index in [0.29, 0.717) is 23.1 Å². The summed E-state index contributed by atoms with van der Waals surface area (Å²) < 4.78 is 7.60. The van der Waals surface area contributed by atoms with Crippen LogP contribution >= 0.6 is 0 Å². The number of urea groups is 1. The van der Waals surface area contributed by atoms with Crippen molar-refractivity contribution >= 4 is 17.4 Å². The van der Waals surface area contributed by atoms with Gasteiger partial charge < -0.3 is 15.4 Å². The maximum atomic E-state index is 12.1. The van der Waals surface area contributed by atoms with Crippen molar-refractivity contribution in [3.05, 3.63) is 84.4 Å². The molecule has 0 atom stereocenters. The summed E-state index contributed by atoms with van der Waals surface area (Å²) >= 11 is 0. The number of carbonyl (C=O) groups excluding carboxylic acids is 1. The molecular formula is C22H20N6O2. The van der Waals surface area contributed by atoms with Crippen LogP contribution in [0, 0.1) is 13.8 Å². The Hall–Kier alpha value is -4.20. The van der Waals surface area contributed by atoms with Gasteiger partial charge in [-0.1, -0.05) is 18.2 Å². The van der Waals surface area contributed by atoms with E-state index in [1.165, 1.54) is 0 Å². The maximum Gasteiger partial charge on any atom is 0.323 e. The SMILES string of the molecule is Cc1ncn(-c2ccc(Oc3ccc(NC(=O)Nc4ccccc4)cc3)nn2)c1C. The molecule has 8 nitrogen and oxygen atoms in total. The summed E-state index contributed by atoms with van der Waals surface area (Å²) in [6.45, 7) is 3.92. The number of aryl methyl sites for hydroxylation is 1. The van der Waals surface area contributed by atoms with Gasteiger partial charge in [-0.15, -0.1) is 10.2 Å². The predicted octanol–water partition coefficient (Wildman–Crippen LogP) is 4.72. The molecule has 4 aromatic rings. The second-order valence-electron chi connectivity index (χ2n) is 6.59. The molecule has 0 bridgehead atoms. The molecule has 0 aliphatic heterocycles. The Balaban J connectivity index is 1.36. The van der Waals surface area contributed by atoms with Gasteiger partial charge in [0.15, 0.2) is 5.82 Å². The summed E-state index contributed by atoms with van der Waals surface area (Å²) in [6, 6.07) is 19.5. The molecule has 4 rings (SSSR count). The zero-order chi connectivity index (χ0) is 20.9. The summed E-state index contributed by atoms with van der Waals surface area (Å²) in [5.41, 5.74) is 3.32. The molecule has 2 heterocycles. The number of carbonyl (C=O) groups is 1. The second kappa shape index (κ2) is 8.44. The molecule has 0 aliphatic rings. The number of amides is 2. The largest absolute Gasteiger partial charge is 0.438 e. The smallest absolute Gasteiger partial charge is 0.323 e. The lowest BCUT2D eigenvalue weighted by Crippen LogP contribution is -2.19. The highest BCUT2D eigenvalue weighted by Crippen LogP contribution is 2.22. The van der Waals surface area contributed by atoms with Crippen LogP contribution < -0.4 is 15.4 Å². The first-order valence-corrected chi connectivity index (χ1v) is 9.34. The van der Waals surface area contributed by atoms with Crippen molar-refractivity contribution in [2.45, 2.75) is 13.8 Å². The fraction of sp³-hybridized carbons (Fsp3) is 0.0909. The Labute approximate surface area is 173 Å². The minimum Gasteiger partial charge on any atom is -0.438 e. The van der Waals surface area contributed by atoms with E-state index >= 15 is 0 Å². The number of aromatic nitrogens is 4. The number of rotatable bonds is 5. The third kappa shape index (κ3) is 4.44. The fourth-order valence-corrected chi connectivity index (χ4v) is 2.77. The highest BCUT2D eigenvalue weighted by molar-refractivity contribution is 5.99. The Bertz CT molecular complexity index is 1140. The highest BCUT2D eigenvalue weighted by atomic mass is 16.5. The number of hydrogen-bond donors (Lipinski definition) is 2. The molecule has 2 amide bonds. The molecule has 0 radical (unpaired) electrons. The highest BCUT2D eigenvalue weighted by Gasteiger charge is 2.08. The number of benzene rings is 2. The molecule has 0 spiro atoms. The number of nitrogens with one attached hydrogen (secondary N) is 2. The van der Waals surface area contributed by atoms with Crippen LogP contribution in [0.4, 0.5) is 16.2 Å². The third-order valence-electron chi connectivity index (χ3n) is 4.49. The average molecular weight is 400 g/mol. The van der Waals surface area contributed by atoms with Gasteiger partial charge in [-0.3, -0.25) is 4.57 Å². The molecule has 8 heteroatoms. The monoisotopic (exact) mass is 400 g/mol. The summed E-state index contributed by atoms with van der Waals surface area (Å²) in [5.74, 6) is 1.63. The van der Waals surface area contributed by atoms with Gasteiger partial charge in [0, 0.05) is 23.1 Å². The number of anilines is 2. The Morgan fingerprint density at radius 2 is 1.57 bits per heavy atom. The van der Waals surface area contributed by atoms with Gasteiger partial charge in [-0.25, -0.2) is 9.78 Å². The van der Waals surface area contributed by atoms with E-state index in [1.54, 1.807) is 36.7 Å². The molecule has 0 saturated carbocycles. The van der Waals surface area contributed by atoms with Crippen molar-refractivity contribution in [2.24, 2.45) is 0 Å².